The van der Waals surface area contributed by atoms with Crippen LogP contribution in [-0.4, -0.2) is 18.5 Å². The number of amides is 1. The van der Waals surface area contributed by atoms with Crippen LogP contribution in [0, 0.1) is 11.6 Å². The molecule has 0 bridgehead atoms. The van der Waals surface area contributed by atoms with Gasteiger partial charge in [-0.1, -0.05) is 6.07 Å². The molecule has 17 heavy (non-hydrogen) atoms. The van der Waals surface area contributed by atoms with Crippen molar-refractivity contribution in [1.29, 1.82) is 0 Å². The van der Waals surface area contributed by atoms with Crippen molar-refractivity contribution in [3.63, 3.8) is 0 Å². The maximum absolute atomic E-state index is 12.9. The molecule has 0 saturated heterocycles. The van der Waals surface area contributed by atoms with Gasteiger partial charge in [0, 0.05) is 19.0 Å². The number of hydrogen-bond acceptors (Lipinski definition) is 2. The average molecular weight is 242 g/mol. The van der Waals surface area contributed by atoms with Crippen molar-refractivity contribution >= 4 is 5.91 Å². The molecule has 0 spiro atoms. The third-order valence-electron chi connectivity index (χ3n) is 2.23. The topological polar surface area (TPSA) is 55.1 Å². The Balaban J connectivity index is 2.36. The van der Waals surface area contributed by atoms with Gasteiger partial charge in [-0.15, -0.1) is 0 Å². The predicted octanol–water partition coefficient (Wildman–Crippen LogP) is 1.36. The number of rotatable bonds is 5. The highest BCUT2D eigenvalue weighted by atomic mass is 19.2. The van der Waals surface area contributed by atoms with Crippen LogP contribution in [0.25, 0.3) is 0 Å². The second-order valence-electron chi connectivity index (χ2n) is 4.03. The fourth-order valence-electron chi connectivity index (χ4n) is 1.41. The van der Waals surface area contributed by atoms with Gasteiger partial charge in [0.15, 0.2) is 11.6 Å². The van der Waals surface area contributed by atoms with Crippen LogP contribution >= 0.6 is 0 Å². The minimum Gasteiger partial charge on any atom is -0.356 e. The molecule has 3 N–H and O–H groups in total. The zero-order valence-corrected chi connectivity index (χ0v) is 9.67. The van der Waals surface area contributed by atoms with Crippen molar-refractivity contribution in [3.8, 4) is 0 Å². The Morgan fingerprint density at radius 3 is 2.71 bits per heavy atom. The minimum atomic E-state index is -0.871. The Bertz CT molecular complexity index is 394. The normalized spacial score (nSPS) is 12.2. The summed E-state index contributed by atoms with van der Waals surface area (Å²) >= 11 is 0. The van der Waals surface area contributed by atoms with E-state index >= 15 is 0 Å². The molecule has 0 aliphatic carbocycles. The molecule has 1 atom stereocenters. The van der Waals surface area contributed by atoms with E-state index in [0.29, 0.717) is 18.5 Å². The van der Waals surface area contributed by atoms with E-state index in [1.165, 1.54) is 6.07 Å². The summed E-state index contributed by atoms with van der Waals surface area (Å²) in [5.41, 5.74) is 6.10. The molecular weight excluding hydrogens is 226 g/mol. The summed E-state index contributed by atoms with van der Waals surface area (Å²) in [5, 5.41) is 2.66. The summed E-state index contributed by atoms with van der Waals surface area (Å²) in [6.07, 6.45) is 0.722. The molecule has 0 heterocycles. The lowest BCUT2D eigenvalue weighted by molar-refractivity contribution is -0.121. The van der Waals surface area contributed by atoms with Crippen LogP contribution < -0.4 is 11.1 Å². The van der Waals surface area contributed by atoms with Crippen molar-refractivity contribution < 1.29 is 13.6 Å². The highest BCUT2D eigenvalue weighted by Gasteiger charge is 2.05. The molecule has 0 aromatic heterocycles. The smallest absolute Gasteiger partial charge is 0.221 e. The summed E-state index contributed by atoms with van der Waals surface area (Å²) in [5.74, 6) is -1.87. The highest BCUT2D eigenvalue weighted by molar-refractivity contribution is 5.76. The molecule has 0 aliphatic rings. The van der Waals surface area contributed by atoms with Gasteiger partial charge in [0.2, 0.25) is 5.91 Å². The molecule has 1 aromatic carbocycles. The van der Waals surface area contributed by atoms with Gasteiger partial charge in [-0.05, 0) is 31.0 Å². The first-order chi connectivity index (χ1) is 7.99. The van der Waals surface area contributed by atoms with Crippen LogP contribution in [0.2, 0.25) is 0 Å². The van der Waals surface area contributed by atoms with Crippen molar-refractivity contribution in [2.24, 2.45) is 5.73 Å². The van der Waals surface area contributed by atoms with Crippen molar-refractivity contribution in [1.82, 2.24) is 5.32 Å². The number of carbonyl (C=O) groups is 1. The first-order valence-corrected chi connectivity index (χ1v) is 5.45. The molecular formula is C12H16F2N2O. The number of nitrogens with one attached hydrogen (secondary N) is 1. The van der Waals surface area contributed by atoms with Gasteiger partial charge in [-0.2, -0.15) is 0 Å². The molecule has 0 radical (unpaired) electrons. The standard InChI is InChI=1S/C12H16F2N2O/c1-8(15)6-12(17)16-5-4-9-2-3-10(13)11(14)7-9/h2-3,7-8H,4-6,15H2,1H3,(H,16,17). The lowest BCUT2D eigenvalue weighted by Crippen LogP contribution is -2.31. The van der Waals surface area contributed by atoms with E-state index in [4.69, 9.17) is 5.73 Å². The van der Waals surface area contributed by atoms with Crippen LogP contribution in [0.3, 0.4) is 0 Å². The van der Waals surface area contributed by atoms with E-state index in [2.05, 4.69) is 5.32 Å². The van der Waals surface area contributed by atoms with Crippen LogP contribution in [-0.2, 0) is 11.2 Å². The van der Waals surface area contributed by atoms with Gasteiger partial charge < -0.3 is 11.1 Å². The third-order valence-corrected chi connectivity index (χ3v) is 2.23. The minimum absolute atomic E-state index is 0.136. The summed E-state index contributed by atoms with van der Waals surface area (Å²) < 4.78 is 25.5. The van der Waals surface area contributed by atoms with Gasteiger partial charge >= 0.3 is 0 Å². The van der Waals surface area contributed by atoms with E-state index in [1.54, 1.807) is 6.92 Å². The lowest BCUT2D eigenvalue weighted by Gasteiger charge is -2.07. The molecule has 1 aromatic rings. The molecule has 1 unspecified atom stereocenters. The first kappa shape index (κ1) is 13.6. The van der Waals surface area contributed by atoms with Crippen molar-refractivity contribution in [3.05, 3.63) is 35.4 Å². The molecule has 1 amide bonds. The fourth-order valence-corrected chi connectivity index (χ4v) is 1.41. The van der Waals surface area contributed by atoms with E-state index in [9.17, 15) is 13.6 Å². The SMILES string of the molecule is CC(N)CC(=O)NCCc1ccc(F)c(F)c1. The van der Waals surface area contributed by atoms with E-state index in [-0.39, 0.29) is 18.4 Å². The quantitative estimate of drug-likeness (QED) is 0.819. The zero-order chi connectivity index (χ0) is 12.8. The Labute approximate surface area is 99.0 Å². The van der Waals surface area contributed by atoms with Crippen LogP contribution in [0.1, 0.15) is 18.9 Å². The predicted molar refractivity (Wildman–Crippen MR) is 61.3 cm³/mol. The molecule has 94 valence electrons. The first-order valence-electron chi connectivity index (χ1n) is 5.45. The van der Waals surface area contributed by atoms with Gasteiger partial charge in [0.1, 0.15) is 0 Å². The summed E-state index contributed by atoms with van der Waals surface area (Å²) in [4.78, 5) is 11.2. The number of halogens is 2. The molecule has 0 saturated carbocycles. The van der Waals surface area contributed by atoms with Crippen LogP contribution in [0.5, 0.6) is 0 Å². The third kappa shape index (κ3) is 4.91. The highest BCUT2D eigenvalue weighted by Crippen LogP contribution is 2.08. The maximum Gasteiger partial charge on any atom is 0.221 e. The van der Waals surface area contributed by atoms with Gasteiger partial charge in [0.05, 0.1) is 0 Å². The Hall–Kier alpha value is -1.49. The van der Waals surface area contributed by atoms with E-state index in [0.717, 1.165) is 12.1 Å². The van der Waals surface area contributed by atoms with Crippen LogP contribution in [0.4, 0.5) is 8.78 Å². The molecule has 3 nitrogen and oxygen atoms in total. The number of benzene rings is 1. The zero-order valence-electron chi connectivity index (χ0n) is 9.67. The molecule has 0 aliphatic heterocycles. The maximum atomic E-state index is 12.9. The number of nitrogens with two attached hydrogens (primary N) is 1. The second kappa shape index (κ2) is 6.30. The molecule has 5 heteroatoms. The Kier molecular flexibility index (Phi) is 5.03. The number of carbonyl (C=O) groups excluding carboxylic acids is 1. The van der Waals surface area contributed by atoms with E-state index < -0.39 is 11.6 Å². The van der Waals surface area contributed by atoms with Gasteiger partial charge in [0.25, 0.3) is 0 Å². The summed E-state index contributed by atoms with van der Waals surface area (Å²) in [6, 6.07) is 3.52. The Morgan fingerprint density at radius 1 is 1.41 bits per heavy atom. The van der Waals surface area contributed by atoms with E-state index in [1.807, 2.05) is 0 Å². The lowest BCUT2D eigenvalue weighted by atomic mass is 10.1. The second-order valence-corrected chi connectivity index (χ2v) is 4.03. The molecule has 1 rings (SSSR count). The Morgan fingerprint density at radius 2 is 2.12 bits per heavy atom. The van der Waals surface area contributed by atoms with Gasteiger partial charge in [-0.3, -0.25) is 4.79 Å². The van der Waals surface area contributed by atoms with Crippen molar-refractivity contribution in [2.75, 3.05) is 6.54 Å². The van der Waals surface area contributed by atoms with Gasteiger partial charge in [-0.25, -0.2) is 8.78 Å². The fraction of sp³-hybridized carbons (Fsp3) is 0.417. The van der Waals surface area contributed by atoms with Crippen molar-refractivity contribution in [2.45, 2.75) is 25.8 Å². The summed E-state index contributed by atoms with van der Waals surface area (Å²) in [7, 11) is 0. The van der Waals surface area contributed by atoms with Crippen LogP contribution in [0.15, 0.2) is 18.2 Å². The average Bonchev–Trinajstić information content (AvgIpc) is 2.22. The summed E-state index contributed by atoms with van der Waals surface area (Å²) in [6.45, 7) is 2.13. The molecule has 0 fully saturated rings. The monoisotopic (exact) mass is 242 g/mol. The number of hydrogen-bond donors (Lipinski definition) is 2. The largest absolute Gasteiger partial charge is 0.356 e.